The Kier molecular flexibility index (Phi) is 3.02. The average Bonchev–Trinajstić information content (AvgIpc) is 2.50. The van der Waals surface area contributed by atoms with Gasteiger partial charge in [0, 0.05) is 34.5 Å². The molecule has 3 heteroatoms. The molecule has 0 N–H and O–H groups in total. The second-order valence-electron chi connectivity index (χ2n) is 3.92. The Hall–Kier alpha value is -1.27. The standard InChI is InChI=1S/C13H13BrN2/c1-9-11(6-7-15-2)12-8-10(14)4-5-13(12)16(9)3/h4-5,8H,6-7H2,1,3H3. The van der Waals surface area contributed by atoms with Crippen molar-refractivity contribution in [2.24, 2.45) is 7.05 Å². The van der Waals surface area contributed by atoms with Crippen LogP contribution in [0.4, 0.5) is 0 Å². The van der Waals surface area contributed by atoms with Crippen LogP contribution in [0.2, 0.25) is 0 Å². The third-order valence-electron chi connectivity index (χ3n) is 3.06. The molecule has 2 aromatic rings. The molecule has 0 unspecified atom stereocenters. The molecule has 82 valence electrons. The van der Waals surface area contributed by atoms with Crippen molar-refractivity contribution in [1.29, 1.82) is 0 Å². The molecule has 1 heterocycles. The van der Waals surface area contributed by atoms with Crippen LogP contribution in [0, 0.1) is 13.5 Å². The van der Waals surface area contributed by atoms with Gasteiger partial charge in [0.25, 0.3) is 0 Å². The quantitative estimate of drug-likeness (QED) is 0.740. The summed E-state index contributed by atoms with van der Waals surface area (Å²) >= 11 is 3.50. The molecule has 0 fully saturated rings. The maximum absolute atomic E-state index is 6.89. The molecule has 0 atom stereocenters. The molecule has 0 saturated carbocycles. The Balaban J connectivity index is 2.66. The summed E-state index contributed by atoms with van der Waals surface area (Å²) in [6.07, 6.45) is 0.836. The predicted octanol–water partition coefficient (Wildman–Crippen LogP) is 3.71. The molecular weight excluding hydrogens is 264 g/mol. The van der Waals surface area contributed by atoms with Crippen LogP contribution in [-0.2, 0) is 13.5 Å². The summed E-state index contributed by atoms with van der Waals surface area (Å²) in [7, 11) is 2.08. The van der Waals surface area contributed by atoms with Crippen LogP contribution in [0.25, 0.3) is 15.7 Å². The minimum absolute atomic E-state index is 0.562. The summed E-state index contributed by atoms with van der Waals surface area (Å²) in [5.41, 5.74) is 3.80. The number of aromatic nitrogens is 1. The molecule has 0 radical (unpaired) electrons. The van der Waals surface area contributed by atoms with E-state index in [0.717, 1.165) is 10.9 Å². The first-order valence-electron chi connectivity index (χ1n) is 5.21. The maximum atomic E-state index is 6.89. The van der Waals surface area contributed by atoms with Gasteiger partial charge in [-0.1, -0.05) is 15.9 Å². The van der Waals surface area contributed by atoms with E-state index < -0.39 is 0 Å². The molecule has 0 amide bonds. The van der Waals surface area contributed by atoms with Gasteiger partial charge in [0.2, 0.25) is 6.54 Å². The molecule has 0 saturated heterocycles. The number of hydrogen-bond acceptors (Lipinski definition) is 0. The summed E-state index contributed by atoms with van der Waals surface area (Å²) in [5, 5.41) is 1.26. The molecule has 0 spiro atoms. The van der Waals surface area contributed by atoms with E-state index in [1.165, 1.54) is 22.2 Å². The third-order valence-corrected chi connectivity index (χ3v) is 3.55. The Labute approximate surface area is 104 Å². The van der Waals surface area contributed by atoms with E-state index in [2.05, 4.69) is 57.5 Å². The highest BCUT2D eigenvalue weighted by Gasteiger charge is 2.12. The van der Waals surface area contributed by atoms with Crippen LogP contribution in [0.3, 0.4) is 0 Å². The van der Waals surface area contributed by atoms with E-state index in [4.69, 9.17) is 6.57 Å². The Morgan fingerprint density at radius 2 is 2.19 bits per heavy atom. The number of hydrogen-bond donors (Lipinski definition) is 0. The number of halogens is 1. The maximum Gasteiger partial charge on any atom is 0.218 e. The fourth-order valence-corrected chi connectivity index (χ4v) is 2.46. The van der Waals surface area contributed by atoms with Crippen LogP contribution >= 0.6 is 15.9 Å². The molecule has 1 aromatic heterocycles. The fraction of sp³-hybridized carbons (Fsp3) is 0.308. The lowest BCUT2D eigenvalue weighted by Crippen LogP contribution is -1.93. The molecule has 1 aromatic carbocycles. The number of rotatable bonds is 2. The summed E-state index contributed by atoms with van der Waals surface area (Å²) in [4.78, 5) is 3.44. The minimum Gasteiger partial charge on any atom is -0.348 e. The van der Waals surface area contributed by atoms with Crippen molar-refractivity contribution in [3.63, 3.8) is 0 Å². The number of benzene rings is 1. The van der Waals surface area contributed by atoms with E-state index in [9.17, 15) is 0 Å². The van der Waals surface area contributed by atoms with Crippen LogP contribution < -0.4 is 0 Å². The van der Waals surface area contributed by atoms with Gasteiger partial charge in [0.15, 0.2) is 0 Å². The van der Waals surface area contributed by atoms with E-state index in [1.54, 1.807) is 0 Å². The van der Waals surface area contributed by atoms with Crippen molar-refractivity contribution in [3.05, 3.63) is 45.3 Å². The molecule has 0 aliphatic rings. The zero-order valence-electron chi connectivity index (χ0n) is 9.42. The molecule has 2 nitrogen and oxygen atoms in total. The lowest BCUT2D eigenvalue weighted by molar-refractivity contribution is 0.896. The zero-order chi connectivity index (χ0) is 11.7. The van der Waals surface area contributed by atoms with Gasteiger partial charge in [-0.3, -0.25) is 0 Å². The lowest BCUT2D eigenvalue weighted by atomic mass is 10.1. The first-order chi connectivity index (χ1) is 7.65. The highest BCUT2D eigenvalue weighted by atomic mass is 79.9. The Morgan fingerprint density at radius 1 is 1.44 bits per heavy atom. The Bertz CT molecular complexity index is 576. The first-order valence-corrected chi connectivity index (χ1v) is 6.01. The van der Waals surface area contributed by atoms with Crippen LogP contribution in [0.1, 0.15) is 11.3 Å². The number of fused-ring (bicyclic) bond motifs is 1. The van der Waals surface area contributed by atoms with Gasteiger partial charge < -0.3 is 9.41 Å². The van der Waals surface area contributed by atoms with Crippen LogP contribution in [-0.4, -0.2) is 11.1 Å². The molecule has 0 bridgehead atoms. The second kappa shape index (κ2) is 4.31. The average molecular weight is 277 g/mol. The smallest absolute Gasteiger partial charge is 0.218 e. The summed E-state index contributed by atoms with van der Waals surface area (Å²) in [6, 6.07) is 6.32. The van der Waals surface area contributed by atoms with Gasteiger partial charge in [0.1, 0.15) is 0 Å². The highest BCUT2D eigenvalue weighted by molar-refractivity contribution is 9.10. The summed E-state index contributed by atoms with van der Waals surface area (Å²) < 4.78 is 3.29. The molecule has 2 rings (SSSR count). The predicted molar refractivity (Wildman–Crippen MR) is 70.5 cm³/mol. The monoisotopic (exact) mass is 276 g/mol. The van der Waals surface area contributed by atoms with E-state index >= 15 is 0 Å². The van der Waals surface area contributed by atoms with Gasteiger partial charge in [-0.25, -0.2) is 6.57 Å². The van der Waals surface area contributed by atoms with Crippen molar-refractivity contribution < 1.29 is 0 Å². The van der Waals surface area contributed by atoms with Crippen molar-refractivity contribution in [1.82, 2.24) is 4.57 Å². The van der Waals surface area contributed by atoms with Crippen molar-refractivity contribution >= 4 is 26.8 Å². The summed E-state index contributed by atoms with van der Waals surface area (Å²) in [5.74, 6) is 0. The van der Waals surface area contributed by atoms with Gasteiger partial charge in [0.05, 0.1) is 0 Å². The van der Waals surface area contributed by atoms with Gasteiger partial charge >= 0.3 is 0 Å². The van der Waals surface area contributed by atoms with E-state index in [0.29, 0.717) is 6.54 Å². The second-order valence-corrected chi connectivity index (χ2v) is 4.83. The van der Waals surface area contributed by atoms with Crippen molar-refractivity contribution in [2.45, 2.75) is 13.3 Å². The van der Waals surface area contributed by atoms with Crippen molar-refractivity contribution in [3.8, 4) is 0 Å². The molecule has 16 heavy (non-hydrogen) atoms. The zero-order valence-corrected chi connectivity index (χ0v) is 11.0. The van der Waals surface area contributed by atoms with E-state index in [1.807, 2.05) is 0 Å². The highest BCUT2D eigenvalue weighted by Crippen LogP contribution is 2.28. The van der Waals surface area contributed by atoms with Gasteiger partial charge in [-0.2, -0.15) is 0 Å². The molecule has 0 aliphatic heterocycles. The van der Waals surface area contributed by atoms with E-state index in [-0.39, 0.29) is 0 Å². The normalized spacial score (nSPS) is 10.6. The Morgan fingerprint density at radius 3 is 2.88 bits per heavy atom. The van der Waals surface area contributed by atoms with Gasteiger partial charge in [-0.15, -0.1) is 0 Å². The molecule has 0 aliphatic carbocycles. The number of aryl methyl sites for hydroxylation is 1. The SMILES string of the molecule is [C-]#[N+]CCc1c(C)n(C)c2ccc(Br)cc12. The minimum atomic E-state index is 0.562. The molecular formula is C13H13BrN2. The van der Waals surface area contributed by atoms with Crippen LogP contribution in [0.5, 0.6) is 0 Å². The lowest BCUT2D eigenvalue weighted by Gasteiger charge is -1.98. The fourth-order valence-electron chi connectivity index (χ4n) is 2.10. The largest absolute Gasteiger partial charge is 0.348 e. The van der Waals surface area contributed by atoms with Gasteiger partial charge in [-0.05, 0) is 30.7 Å². The summed E-state index contributed by atoms with van der Waals surface area (Å²) in [6.45, 7) is 9.57. The topological polar surface area (TPSA) is 9.29 Å². The third kappa shape index (κ3) is 1.74. The first kappa shape index (κ1) is 11.2. The van der Waals surface area contributed by atoms with Crippen LogP contribution in [0.15, 0.2) is 22.7 Å². The van der Waals surface area contributed by atoms with Crippen molar-refractivity contribution in [2.75, 3.05) is 6.54 Å². The number of nitrogens with zero attached hydrogens (tertiary/aromatic N) is 2.